The number of hydrogen-bond acceptors (Lipinski definition) is 5. The molecule has 2 aromatic carbocycles. The van der Waals surface area contributed by atoms with E-state index in [1.165, 1.54) is 11.3 Å². The summed E-state index contributed by atoms with van der Waals surface area (Å²) in [5, 5.41) is 9.72. The van der Waals surface area contributed by atoms with Crippen LogP contribution in [0.3, 0.4) is 0 Å². The van der Waals surface area contributed by atoms with Gasteiger partial charge in [0.05, 0.1) is 10.4 Å². The molecule has 0 unspecified atom stereocenters. The van der Waals surface area contributed by atoms with Crippen molar-refractivity contribution in [3.63, 3.8) is 0 Å². The second kappa shape index (κ2) is 8.37. The molecule has 28 heavy (non-hydrogen) atoms. The van der Waals surface area contributed by atoms with E-state index in [4.69, 9.17) is 16.6 Å². The highest BCUT2D eigenvalue weighted by atomic mass is 35.5. The lowest BCUT2D eigenvalue weighted by Crippen LogP contribution is -2.28. The van der Waals surface area contributed by atoms with Gasteiger partial charge in [-0.1, -0.05) is 29.8 Å². The van der Waals surface area contributed by atoms with Crippen molar-refractivity contribution in [1.82, 2.24) is 15.3 Å². The number of amides is 1. The topological polar surface area (TPSA) is 66.9 Å². The summed E-state index contributed by atoms with van der Waals surface area (Å²) in [5.41, 5.74) is 1.75. The van der Waals surface area contributed by atoms with Crippen LogP contribution in [0.5, 0.6) is 0 Å². The van der Waals surface area contributed by atoms with Crippen LogP contribution in [0.4, 0.5) is 5.82 Å². The molecule has 2 N–H and O–H groups in total. The van der Waals surface area contributed by atoms with E-state index in [-0.39, 0.29) is 5.91 Å². The van der Waals surface area contributed by atoms with Gasteiger partial charge in [-0.2, -0.15) is 0 Å². The van der Waals surface area contributed by atoms with Crippen molar-refractivity contribution in [2.45, 2.75) is 0 Å². The van der Waals surface area contributed by atoms with Crippen LogP contribution in [0.1, 0.15) is 9.67 Å². The maximum absolute atomic E-state index is 12.0. The molecular weight excluding hydrogens is 392 g/mol. The number of aromatic nitrogens is 2. The highest BCUT2D eigenvalue weighted by Gasteiger charge is 2.10. The fourth-order valence-electron chi connectivity index (χ4n) is 2.79. The quantitative estimate of drug-likeness (QED) is 0.447. The van der Waals surface area contributed by atoms with Crippen LogP contribution < -0.4 is 10.6 Å². The number of rotatable bonds is 6. The van der Waals surface area contributed by atoms with E-state index in [0.29, 0.717) is 28.8 Å². The van der Waals surface area contributed by atoms with Gasteiger partial charge in [-0.3, -0.25) is 4.79 Å². The van der Waals surface area contributed by atoms with Crippen molar-refractivity contribution >= 4 is 45.6 Å². The third kappa shape index (κ3) is 4.13. The van der Waals surface area contributed by atoms with Crippen molar-refractivity contribution in [2.24, 2.45) is 0 Å². The van der Waals surface area contributed by atoms with E-state index < -0.39 is 0 Å². The van der Waals surface area contributed by atoms with Crippen LogP contribution in [-0.4, -0.2) is 29.0 Å². The average molecular weight is 409 g/mol. The monoisotopic (exact) mass is 408 g/mol. The van der Waals surface area contributed by atoms with Gasteiger partial charge < -0.3 is 10.6 Å². The second-order valence-corrected chi connectivity index (χ2v) is 7.46. The Morgan fingerprint density at radius 2 is 1.79 bits per heavy atom. The maximum Gasteiger partial charge on any atom is 0.261 e. The lowest BCUT2D eigenvalue weighted by Gasteiger charge is -2.11. The molecule has 0 saturated carbocycles. The van der Waals surface area contributed by atoms with Gasteiger partial charge in [-0.05, 0) is 47.8 Å². The minimum absolute atomic E-state index is 0.0637. The van der Waals surface area contributed by atoms with E-state index in [2.05, 4.69) is 15.6 Å². The number of anilines is 1. The van der Waals surface area contributed by atoms with Gasteiger partial charge in [-0.15, -0.1) is 11.3 Å². The summed E-state index contributed by atoms with van der Waals surface area (Å²) in [7, 11) is 0. The summed E-state index contributed by atoms with van der Waals surface area (Å²) in [6.07, 6.45) is 0. The number of benzene rings is 2. The molecule has 0 atom stereocenters. The number of halogens is 1. The highest BCUT2D eigenvalue weighted by molar-refractivity contribution is 7.12. The van der Waals surface area contributed by atoms with Crippen LogP contribution in [-0.2, 0) is 0 Å². The Morgan fingerprint density at radius 1 is 0.964 bits per heavy atom. The predicted molar refractivity (Wildman–Crippen MR) is 115 cm³/mol. The molecule has 0 spiro atoms. The second-order valence-electron chi connectivity index (χ2n) is 6.08. The minimum atomic E-state index is -0.0637. The number of carbonyl (C=O) groups excluding carboxylic acids is 1. The lowest BCUT2D eigenvalue weighted by molar-refractivity contribution is 0.0959. The molecule has 0 radical (unpaired) electrons. The van der Waals surface area contributed by atoms with Crippen LogP contribution in [0, 0.1) is 0 Å². The summed E-state index contributed by atoms with van der Waals surface area (Å²) in [5.74, 6) is 1.30. The van der Waals surface area contributed by atoms with E-state index in [0.717, 1.165) is 22.3 Å². The van der Waals surface area contributed by atoms with E-state index in [1.807, 2.05) is 66.0 Å². The Labute approximate surface area is 171 Å². The number of hydrogen-bond donors (Lipinski definition) is 2. The molecule has 0 bridgehead atoms. The Hall–Kier alpha value is -2.96. The molecule has 2 heterocycles. The minimum Gasteiger partial charge on any atom is -0.368 e. The fraction of sp³-hybridized carbons (Fsp3) is 0.0952. The first-order valence-corrected chi connectivity index (χ1v) is 10.0. The zero-order chi connectivity index (χ0) is 19.3. The van der Waals surface area contributed by atoms with E-state index in [9.17, 15) is 4.79 Å². The smallest absolute Gasteiger partial charge is 0.261 e. The predicted octanol–water partition coefficient (Wildman–Crippen LogP) is 4.85. The Bertz CT molecular complexity index is 1100. The molecule has 7 heteroatoms. The summed E-state index contributed by atoms with van der Waals surface area (Å²) >= 11 is 7.41. The third-order valence-corrected chi connectivity index (χ3v) is 5.27. The van der Waals surface area contributed by atoms with Crippen molar-refractivity contribution in [3.05, 3.63) is 75.9 Å². The molecule has 2 aromatic heterocycles. The molecule has 0 aliphatic carbocycles. The van der Waals surface area contributed by atoms with E-state index in [1.54, 1.807) is 0 Å². The largest absolute Gasteiger partial charge is 0.368 e. The first-order chi connectivity index (χ1) is 13.7. The molecule has 1 amide bonds. The molecule has 4 rings (SSSR count). The molecule has 4 aromatic rings. The fourth-order valence-corrected chi connectivity index (χ4v) is 3.56. The number of nitrogens with one attached hydrogen (secondary N) is 2. The SMILES string of the molecule is O=C(NCCNc1nc(-c2ccc(Cl)cc2)nc2ccccc12)c1cccs1. The number of nitrogens with zero attached hydrogens (tertiary/aromatic N) is 2. The zero-order valence-corrected chi connectivity index (χ0v) is 16.4. The summed E-state index contributed by atoms with van der Waals surface area (Å²) in [6, 6.07) is 19.0. The van der Waals surface area contributed by atoms with Crippen LogP contribution >= 0.6 is 22.9 Å². The van der Waals surface area contributed by atoms with Crippen molar-refractivity contribution in [3.8, 4) is 11.4 Å². The molecule has 0 fully saturated rings. The first-order valence-electron chi connectivity index (χ1n) is 8.79. The average Bonchev–Trinajstić information content (AvgIpc) is 3.26. The summed E-state index contributed by atoms with van der Waals surface area (Å²) in [6.45, 7) is 1.05. The van der Waals surface area contributed by atoms with Crippen LogP contribution in [0.25, 0.3) is 22.3 Å². The number of carbonyl (C=O) groups is 1. The first kappa shape index (κ1) is 18.4. The van der Waals surface area contributed by atoms with Gasteiger partial charge in [0.15, 0.2) is 5.82 Å². The number of para-hydroxylation sites is 1. The van der Waals surface area contributed by atoms with Crippen LogP contribution in [0.15, 0.2) is 66.0 Å². The zero-order valence-electron chi connectivity index (χ0n) is 14.9. The summed E-state index contributed by atoms with van der Waals surface area (Å²) in [4.78, 5) is 22.1. The van der Waals surface area contributed by atoms with E-state index >= 15 is 0 Å². The van der Waals surface area contributed by atoms with Gasteiger partial charge in [0.2, 0.25) is 0 Å². The standard InChI is InChI=1S/C21H17ClN4OS/c22-15-9-7-14(8-10-15)19-25-17-5-2-1-4-16(17)20(26-19)23-11-12-24-21(27)18-6-3-13-28-18/h1-10,13H,11-12H2,(H,24,27)(H,23,25,26). The molecule has 140 valence electrons. The molecule has 5 nitrogen and oxygen atoms in total. The van der Waals surface area contributed by atoms with Gasteiger partial charge in [0, 0.05) is 29.1 Å². The summed E-state index contributed by atoms with van der Waals surface area (Å²) < 4.78 is 0. The van der Waals surface area contributed by atoms with Gasteiger partial charge in [0.25, 0.3) is 5.91 Å². The number of thiophene rings is 1. The molecule has 0 saturated heterocycles. The molecule has 0 aliphatic heterocycles. The normalized spacial score (nSPS) is 10.8. The van der Waals surface area contributed by atoms with Crippen molar-refractivity contribution in [1.29, 1.82) is 0 Å². The Balaban J connectivity index is 1.52. The number of fused-ring (bicyclic) bond motifs is 1. The Morgan fingerprint density at radius 3 is 2.57 bits per heavy atom. The van der Waals surface area contributed by atoms with Gasteiger partial charge in [-0.25, -0.2) is 9.97 Å². The lowest BCUT2D eigenvalue weighted by atomic mass is 10.2. The van der Waals surface area contributed by atoms with Crippen molar-refractivity contribution in [2.75, 3.05) is 18.4 Å². The Kier molecular flexibility index (Phi) is 5.50. The molecule has 0 aliphatic rings. The molecular formula is C21H17ClN4OS. The van der Waals surface area contributed by atoms with Crippen LogP contribution in [0.2, 0.25) is 5.02 Å². The highest BCUT2D eigenvalue weighted by Crippen LogP contribution is 2.25. The van der Waals surface area contributed by atoms with Crippen molar-refractivity contribution < 1.29 is 4.79 Å². The van der Waals surface area contributed by atoms with Gasteiger partial charge >= 0.3 is 0 Å². The third-order valence-electron chi connectivity index (χ3n) is 4.15. The van der Waals surface area contributed by atoms with Gasteiger partial charge in [0.1, 0.15) is 5.82 Å². The maximum atomic E-state index is 12.0.